The predicted molar refractivity (Wildman–Crippen MR) is 77.2 cm³/mol. The number of benzene rings is 1. The van der Waals surface area contributed by atoms with E-state index in [-0.39, 0.29) is 11.0 Å². The Hall–Kier alpha value is -1.02. The highest BCUT2D eigenvalue weighted by molar-refractivity contribution is 5.51. The molecule has 0 radical (unpaired) electrons. The summed E-state index contributed by atoms with van der Waals surface area (Å²) in [4.78, 5) is 0. The van der Waals surface area contributed by atoms with Crippen molar-refractivity contribution in [2.75, 3.05) is 12.3 Å². The zero-order valence-electron chi connectivity index (χ0n) is 11.7. The molecule has 2 N–H and O–H groups in total. The van der Waals surface area contributed by atoms with Crippen LogP contribution in [-0.4, -0.2) is 12.2 Å². The number of rotatable bonds is 0. The number of nitrogen functional groups attached to an aromatic ring is 1. The fourth-order valence-electron chi connectivity index (χ4n) is 5.20. The van der Waals surface area contributed by atoms with Gasteiger partial charge < -0.3 is 10.5 Å². The van der Waals surface area contributed by atoms with Gasteiger partial charge in [-0.15, -0.1) is 0 Å². The van der Waals surface area contributed by atoms with Gasteiger partial charge in [0.1, 0.15) is 0 Å². The van der Waals surface area contributed by atoms with Gasteiger partial charge in [0.15, 0.2) is 0 Å². The van der Waals surface area contributed by atoms with Gasteiger partial charge in [0.05, 0.1) is 5.60 Å². The molecule has 0 spiro atoms. The first-order valence-corrected chi connectivity index (χ1v) is 7.69. The minimum Gasteiger partial charge on any atom is -0.399 e. The number of hydrogen-bond acceptors (Lipinski definition) is 2. The van der Waals surface area contributed by atoms with E-state index >= 15 is 0 Å². The molecule has 1 saturated carbocycles. The SMILES string of the molecule is C[C@@]12OCCC[C@@]13CCC[C@@H]2Cc1cc(N)ccc13. The maximum absolute atomic E-state index is 6.38. The van der Waals surface area contributed by atoms with E-state index in [1.807, 2.05) is 0 Å². The molecule has 102 valence electrons. The first-order valence-electron chi connectivity index (χ1n) is 7.69. The summed E-state index contributed by atoms with van der Waals surface area (Å²) < 4.78 is 6.38. The number of hydrogen-bond donors (Lipinski definition) is 1. The molecule has 2 nitrogen and oxygen atoms in total. The maximum atomic E-state index is 6.38. The van der Waals surface area contributed by atoms with Crippen LogP contribution in [0, 0.1) is 5.92 Å². The van der Waals surface area contributed by atoms with E-state index in [0.717, 1.165) is 18.7 Å². The van der Waals surface area contributed by atoms with Crippen LogP contribution in [0.15, 0.2) is 18.2 Å². The summed E-state index contributed by atoms with van der Waals surface area (Å²) in [5.74, 6) is 0.677. The van der Waals surface area contributed by atoms with Gasteiger partial charge in [-0.2, -0.15) is 0 Å². The second-order valence-corrected chi connectivity index (χ2v) is 6.85. The van der Waals surface area contributed by atoms with Crippen molar-refractivity contribution in [3.8, 4) is 0 Å². The zero-order chi connectivity index (χ0) is 13.1. The molecule has 1 aromatic rings. The van der Waals surface area contributed by atoms with Crippen molar-refractivity contribution < 1.29 is 4.74 Å². The summed E-state index contributed by atoms with van der Waals surface area (Å²) in [5, 5.41) is 0. The van der Waals surface area contributed by atoms with E-state index in [9.17, 15) is 0 Å². The van der Waals surface area contributed by atoms with Crippen molar-refractivity contribution in [3.63, 3.8) is 0 Å². The van der Waals surface area contributed by atoms with Crippen molar-refractivity contribution in [1.29, 1.82) is 0 Å². The summed E-state index contributed by atoms with van der Waals surface area (Å²) in [7, 11) is 0. The van der Waals surface area contributed by atoms with Gasteiger partial charge in [-0.3, -0.25) is 0 Å². The van der Waals surface area contributed by atoms with E-state index in [1.54, 1.807) is 5.56 Å². The van der Waals surface area contributed by atoms with Crippen molar-refractivity contribution >= 4 is 5.69 Å². The Morgan fingerprint density at radius 3 is 3.00 bits per heavy atom. The third-order valence-electron chi connectivity index (χ3n) is 6.15. The first-order chi connectivity index (χ1) is 9.16. The normalized spacial score (nSPS) is 40.4. The number of fused-ring (bicyclic) bond motifs is 1. The lowest BCUT2D eigenvalue weighted by Gasteiger charge is -2.61. The maximum Gasteiger partial charge on any atom is 0.0781 e. The van der Waals surface area contributed by atoms with Gasteiger partial charge in [-0.1, -0.05) is 12.5 Å². The van der Waals surface area contributed by atoms with Crippen LogP contribution < -0.4 is 5.73 Å². The average Bonchev–Trinajstić information content (AvgIpc) is 2.38. The van der Waals surface area contributed by atoms with E-state index in [0.29, 0.717) is 5.92 Å². The lowest BCUT2D eigenvalue weighted by atomic mass is 9.49. The van der Waals surface area contributed by atoms with Crippen LogP contribution in [0.2, 0.25) is 0 Å². The van der Waals surface area contributed by atoms with Crippen LogP contribution in [0.5, 0.6) is 0 Å². The molecule has 1 saturated heterocycles. The minimum absolute atomic E-state index is 0.0621. The van der Waals surface area contributed by atoms with Crippen LogP contribution in [-0.2, 0) is 16.6 Å². The number of nitrogens with two attached hydrogens (primary N) is 1. The molecule has 2 bridgehead atoms. The lowest BCUT2D eigenvalue weighted by Crippen LogP contribution is -2.63. The molecule has 19 heavy (non-hydrogen) atoms. The molecule has 2 fully saturated rings. The topological polar surface area (TPSA) is 35.2 Å². The molecule has 4 rings (SSSR count). The summed E-state index contributed by atoms with van der Waals surface area (Å²) in [6, 6.07) is 6.58. The molecule has 2 aliphatic carbocycles. The molecule has 3 aliphatic rings. The van der Waals surface area contributed by atoms with Gasteiger partial charge in [-0.25, -0.2) is 0 Å². The molecule has 1 aliphatic heterocycles. The van der Waals surface area contributed by atoms with Crippen molar-refractivity contribution in [1.82, 2.24) is 0 Å². The van der Waals surface area contributed by atoms with Gasteiger partial charge in [0.25, 0.3) is 0 Å². The Labute approximate surface area is 115 Å². The quantitative estimate of drug-likeness (QED) is 0.723. The van der Waals surface area contributed by atoms with E-state index in [1.165, 1.54) is 37.7 Å². The van der Waals surface area contributed by atoms with E-state index in [4.69, 9.17) is 10.5 Å². The highest BCUT2D eigenvalue weighted by Crippen LogP contribution is 2.60. The van der Waals surface area contributed by atoms with E-state index in [2.05, 4.69) is 25.1 Å². The Morgan fingerprint density at radius 1 is 1.26 bits per heavy atom. The van der Waals surface area contributed by atoms with Crippen LogP contribution in [0.3, 0.4) is 0 Å². The molecule has 1 heterocycles. The predicted octanol–water partition coefficient (Wildman–Crippen LogP) is 3.43. The van der Waals surface area contributed by atoms with Gasteiger partial charge in [0.2, 0.25) is 0 Å². The Bertz CT molecular complexity index is 522. The molecular weight excluding hydrogens is 234 g/mol. The summed E-state index contributed by atoms with van der Waals surface area (Å²) in [5.41, 5.74) is 10.3. The minimum atomic E-state index is 0.0621. The monoisotopic (exact) mass is 257 g/mol. The third-order valence-corrected chi connectivity index (χ3v) is 6.15. The van der Waals surface area contributed by atoms with Crippen LogP contribution in [0.1, 0.15) is 50.2 Å². The summed E-state index contributed by atoms with van der Waals surface area (Å²) in [6.45, 7) is 3.33. The second kappa shape index (κ2) is 3.76. The van der Waals surface area contributed by atoms with Crippen LogP contribution >= 0.6 is 0 Å². The highest BCUT2D eigenvalue weighted by atomic mass is 16.5. The standard InChI is InChI=1S/C17H23NO/c1-16-13-4-2-7-17(16,8-3-9-19-16)15-6-5-14(18)11-12(15)10-13/h5-6,11,13H,2-4,7-10,18H2,1H3/t13-,16+,17-/m1/s1. The molecule has 0 amide bonds. The zero-order valence-corrected chi connectivity index (χ0v) is 11.7. The first kappa shape index (κ1) is 11.8. The molecule has 0 unspecified atom stereocenters. The van der Waals surface area contributed by atoms with Gasteiger partial charge >= 0.3 is 0 Å². The lowest BCUT2D eigenvalue weighted by molar-refractivity contribution is -0.182. The Kier molecular flexibility index (Phi) is 2.33. The van der Waals surface area contributed by atoms with Gasteiger partial charge in [-0.05, 0) is 68.2 Å². The summed E-state index contributed by atoms with van der Waals surface area (Å²) in [6.07, 6.45) is 7.60. The largest absolute Gasteiger partial charge is 0.399 e. The van der Waals surface area contributed by atoms with Crippen LogP contribution in [0.4, 0.5) is 5.69 Å². The number of ether oxygens (including phenoxy) is 1. The highest BCUT2D eigenvalue weighted by Gasteiger charge is 2.60. The van der Waals surface area contributed by atoms with Crippen molar-refractivity contribution in [2.45, 2.75) is 56.5 Å². The average molecular weight is 257 g/mol. The summed E-state index contributed by atoms with van der Waals surface area (Å²) >= 11 is 0. The Morgan fingerprint density at radius 2 is 2.11 bits per heavy atom. The van der Waals surface area contributed by atoms with Crippen molar-refractivity contribution in [3.05, 3.63) is 29.3 Å². The van der Waals surface area contributed by atoms with Gasteiger partial charge in [0, 0.05) is 17.7 Å². The molecule has 0 aromatic heterocycles. The van der Waals surface area contributed by atoms with Crippen LogP contribution in [0.25, 0.3) is 0 Å². The van der Waals surface area contributed by atoms with E-state index < -0.39 is 0 Å². The molecule has 2 heteroatoms. The molecular formula is C17H23NO. The molecule has 1 aromatic carbocycles. The van der Waals surface area contributed by atoms with Crippen molar-refractivity contribution in [2.24, 2.45) is 5.92 Å². The Balaban J connectivity index is 1.95. The fraction of sp³-hybridized carbons (Fsp3) is 0.647. The second-order valence-electron chi connectivity index (χ2n) is 6.85. The smallest absolute Gasteiger partial charge is 0.0781 e. The fourth-order valence-corrected chi connectivity index (χ4v) is 5.20. The number of anilines is 1. The molecule has 3 atom stereocenters. The third kappa shape index (κ3) is 1.36.